The first-order valence-electron chi connectivity index (χ1n) is 8.08. The fraction of sp³-hybridized carbons (Fsp3) is 0.800. The van der Waals surface area contributed by atoms with E-state index in [0.717, 1.165) is 37.1 Å². The van der Waals surface area contributed by atoms with E-state index in [0.29, 0.717) is 18.5 Å². The molecule has 1 aliphatic rings. The topological polar surface area (TPSA) is 67.4 Å². The normalized spacial score (nSPS) is 18.8. The molecule has 1 aliphatic heterocycles. The number of nitrogens with one attached hydrogen (secondary N) is 1. The average Bonchev–Trinajstić information content (AvgIpc) is 3.04. The van der Waals surface area contributed by atoms with Crippen LogP contribution in [0.1, 0.15) is 27.2 Å². The van der Waals surface area contributed by atoms with Gasteiger partial charge in [-0.3, -0.25) is 9.69 Å². The molecule has 2 rings (SSSR count). The van der Waals surface area contributed by atoms with Crippen molar-refractivity contribution in [1.29, 1.82) is 0 Å². The predicted octanol–water partition coefficient (Wildman–Crippen LogP) is 1.88. The number of ether oxygens (including phenoxy) is 1. The van der Waals surface area contributed by atoms with Crippen molar-refractivity contribution in [2.75, 3.05) is 32.8 Å². The second-order valence-corrected chi connectivity index (χ2v) is 8.56. The predicted molar refractivity (Wildman–Crippen MR) is 93.9 cm³/mol. The summed E-state index contributed by atoms with van der Waals surface area (Å²) in [6.45, 7) is 10.5. The van der Waals surface area contributed by atoms with Gasteiger partial charge in [-0.2, -0.15) is 0 Å². The van der Waals surface area contributed by atoms with Gasteiger partial charge in [0, 0.05) is 25.7 Å². The fourth-order valence-electron chi connectivity index (χ4n) is 2.63. The van der Waals surface area contributed by atoms with Crippen molar-refractivity contribution in [1.82, 2.24) is 20.4 Å². The Bertz CT molecular complexity index is 464. The van der Waals surface area contributed by atoms with Crippen LogP contribution in [0.3, 0.4) is 0 Å². The van der Waals surface area contributed by atoms with Crippen LogP contribution in [0.5, 0.6) is 0 Å². The molecule has 0 radical (unpaired) electrons. The summed E-state index contributed by atoms with van der Waals surface area (Å²) >= 11 is 2.92. The third-order valence-corrected chi connectivity index (χ3v) is 5.72. The number of hydrogen-bond acceptors (Lipinski definition) is 7. The lowest BCUT2D eigenvalue weighted by molar-refractivity contribution is -0.120. The zero-order valence-electron chi connectivity index (χ0n) is 14.0. The van der Waals surface area contributed by atoms with Gasteiger partial charge >= 0.3 is 0 Å². The molecule has 8 heteroatoms. The van der Waals surface area contributed by atoms with E-state index in [9.17, 15) is 4.79 Å². The molecule has 0 unspecified atom stereocenters. The third kappa shape index (κ3) is 6.37. The van der Waals surface area contributed by atoms with Crippen LogP contribution in [0, 0.1) is 5.92 Å². The summed E-state index contributed by atoms with van der Waals surface area (Å²) in [6.07, 6.45) is 1.08. The van der Waals surface area contributed by atoms with Crippen LogP contribution in [0.15, 0.2) is 9.85 Å². The Morgan fingerprint density at radius 1 is 1.43 bits per heavy atom. The van der Waals surface area contributed by atoms with Crippen LogP contribution < -0.4 is 5.32 Å². The molecule has 0 saturated carbocycles. The van der Waals surface area contributed by atoms with E-state index in [-0.39, 0.29) is 11.2 Å². The summed E-state index contributed by atoms with van der Waals surface area (Å²) < 4.78 is 6.27. The number of carbonyl (C=O) groups excluding carboxylic acids is 1. The van der Waals surface area contributed by atoms with Crippen LogP contribution in [-0.4, -0.2) is 65.1 Å². The van der Waals surface area contributed by atoms with E-state index < -0.39 is 0 Å². The molecule has 0 aromatic carbocycles. The summed E-state index contributed by atoms with van der Waals surface area (Å²) in [7, 11) is 0. The monoisotopic (exact) mass is 358 g/mol. The van der Waals surface area contributed by atoms with Crippen LogP contribution in [0.25, 0.3) is 0 Å². The average molecular weight is 359 g/mol. The zero-order chi connectivity index (χ0) is 16.7. The zero-order valence-corrected chi connectivity index (χ0v) is 15.7. The van der Waals surface area contributed by atoms with Crippen LogP contribution in [0.2, 0.25) is 0 Å². The molecular weight excluding hydrogens is 332 g/mol. The van der Waals surface area contributed by atoms with E-state index in [1.54, 1.807) is 5.51 Å². The molecule has 2 atom stereocenters. The van der Waals surface area contributed by atoms with Gasteiger partial charge in [0.25, 0.3) is 0 Å². The molecule has 1 N–H and O–H groups in total. The maximum absolute atomic E-state index is 12.3. The highest BCUT2D eigenvalue weighted by Gasteiger charge is 2.24. The second-order valence-electron chi connectivity index (χ2n) is 6.14. The van der Waals surface area contributed by atoms with Crippen molar-refractivity contribution in [3.8, 4) is 0 Å². The van der Waals surface area contributed by atoms with Crippen LogP contribution >= 0.6 is 23.1 Å². The molecule has 130 valence electrons. The van der Waals surface area contributed by atoms with Gasteiger partial charge in [-0.1, -0.05) is 36.9 Å². The molecule has 1 saturated heterocycles. The number of nitrogens with zero attached hydrogens (tertiary/aromatic N) is 3. The molecule has 0 aliphatic carbocycles. The lowest BCUT2D eigenvalue weighted by Gasteiger charge is -2.35. The lowest BCUT2D eigenvalue weighted by atomic mass is 10.0. The Kier molecular flexibility index (Phi) is 7.75. The van der Waals surface area contributed by atoms with Crippen LogP contribution in [-0.2, 0) is 9.53 Å². The second kappa shape index (κ2) is 9.56. The van der Waals surface area contributed by atoms with E-state index in [4.69, 9.17) is 4.74 Å². The molecule has 0 bridgehead atoms. The smallest absolute Gasteiger partial charge is 0.233 e. The summed E-state index contributed by atoms with van der Waals surface area (Å²) in [5.41, 5.74) is 1.68. The molecule has 0 spiro atoms. The van der Waals surface area contributed by atoms with Crippen molar-refractivity contribution in [2.45, 2.75) is 42.8 Å². The molecule has 1 amide bonds. The number of aromatic nitrogens is 2. The Morgan fingerprint density at radius 2 is 2.17 bits per heavy atom. The first-order chi connectivity index (χ1) is 11.1. The number of amides is 1. The van der Waals surface area contributed by atoms with Crippen molar-refractivity contribution in [2.24, 2.45) is 5.92 Å². The van der Waals surface area contributed by atoms with Crippen molar-refractivity contribution in [3.63, 3.8) is 0 Å². The number of carbonyl (C=O) groups is 1. The Labute approximate surface area is 146 Å². The van der Waals surface area contributed by atoms with Crippen molar-refractivity contribution < 1.29 is 9.53 Å². The van der Waals surface area contributed by atoms with Gasteiger partial charge in [0.05, 0.1) is 18.5 Å². The lowest BCUT2D eigenvalue weighted by Crippen LogP contribution is -2.50. The molecule has 1 aromatic heterocycles. The standard InChI is InChI=1S/C15H26N4O2S2/c1-11(2)8-13(19-4-6-21-7-5-19)9-16-14(20)12(3)23-15-18-17-10-22-15/h10-13H,4-9H2,1-3H3,(H,16,20)/t12-,13-/m1/s1. The molecule has 6 nitrogen and oxygen atoms in total. The van der Waals surface area contributed by atoms with Crippen molar-refractivity contribution in [3.05, 3.63) is 5.51 Å². The summed E-state index contributed by atoms with van der Waals surface area (Å²) in [5.74, 6) is 0.667. The van der Waals surface area contributed by atoms with E-state index in [1.807, 2.05) is 6.92 Å². The minimum absolute atomic E-state index is 0.0622. The van der Waals surface area contributed by atoms with Gasteiger partial charge in [0.2, 0.25) is 5.91 Å². The SMILES string of the molecule is CC(C)C[C@H](CNC(=O)[C@@H](C)Sc1nncs1)N1CCOCC1. The molecular formula is C15H26N4O2S2. The minimum Gasteiger partial charge on any atom is -0.379 e. The highest BCUT2D eigenvalue weighted by atomic mass is 32.2. The maximum atomic E-state index is 12.3. The third-order valence-electron chi connectivity index (χ3n) is 3.80. The number of thioether (sulfide) groups is 1. The minimum atomic E-state index is -0.160. The molecule has 2 heterocycles. The van der Waals surface area contributed by atoms with Gasteiger partial charge in [0.15, 0.2) is 4.34 Å². The van der Waals surface area contributed by atoms with Crippen molar-refractivity contribution >= 4 is 29.0 Å². The summed E-state index contributed by atoms with van der Waals surface area (Å²) in [5, 5.41) is 10.7. The summed E-state index contributed by atoms with van der Waals surface area (Å²) in [6, 6.07) is 0.376. The highest BCUT2D eigenvalue weighted by molar-refractivity contribution is 8.02. The quantitative estimate of drug-likeness (QED) is 0.716. The number of morpholine rings is 1. The highest BCUT2D eigenvalue weighted by Crippen LogP contribution is 2.24. The largest absolute Gasteiger partial charge is 0.379 e. The number of hydrogen-bond donors (Lipinski definition) is 1. The van der Waals surface area contributed by atoms with Gasteiger partial charge in [-0.05, 0) is 19.3 Å². The first-order valence-corrected chi connectivity index (χ1v) is 9.84. The molecule has 1 aromatic rings. The Hall–Kier alpha value is -0.700. The molecule has 1 fully saturated rings. The van der Waals surface area contributed by atoms with Gasteiger partial charge < -0.3 is 10.1 Å². The summed E-state index contributed by atoms with van der Waals surface area (Å²) in [4.78, 5) is 14.8. The van der Waals surface area contributed by atoms with Gasteiger partial charge in [-0.25, -0.2) is 0 Å². The van der Waals surface area contributed by atoms with Gasteiger partial charge in [0.1, 0.15) is 5.51 Å². The van der Waals surface area contributed by atoms with E-state index >= 15 is 0 Å². The maximum Gasteiger partial charge on any atom is 0.233 e. The fourth-order valence-corrected chi connectivity index (χ4v) is 4.28. The Morgan fingerprint density at radius 3 is 2.78 bits per heavy atom. The number of rotatable bonds is 8. The van der Waals surface area contributed by atoms with Crippen LogP contribution in [0.4, 0.5) is 0 Å². The molecule has 23 heavy (non-hydrogen) atoms. The van der Waals surface area contributed by atoms with E-state index in [1.165, 1.54) is 23.1 Å². The van der Waals surface area contributed by atoms with Gasteiger partial charge in [-0.15, -0.1) is 10.2 Å². The Balaban J connectivity index is 1.82. The first kappa shape index (κ1) is 18.6. The van der Waals surface area contributed by atoms with E-state index in [2.05, 4.69) is 34.3 Å².